The highest BCUT2D eigenvalue weighted by atomic mass is 35.5. The van der Waals surface area contributed by atoms with Crippen molar-refractivity contribution < 1.29 is 4.39 Å². The number of anilines is 1. The second kappa shape index (κ2) is 5.02. The molecule has 1 heterocycles. The molecule has 0 atom stereocenters. The third-order valence-corrected chi connectivity index (χ3v) is 3.59. The van der Waals surface area contributed by atoms with Crippen molar-refractivity contribution in [2.24, 2.45) is 7.05 Å². The van der Waals surface area contributed by atoms with Gasteiger partial charge in [-0.2, -0.15) is 0 Å². The molecule has 0 saturated heterocycles. The van der Waals surface area contributed by atoms with Crippen LogP contribution < -0.4 is 5.32 Å². The second-order valence-electron chi connectivity index (χ2n) is 4.41. The van der Waals surface area contributed by atoms with Crippen molar-refractivity contribution in [2.75, 3.05) is 5.32 Å². The van der Waals surface area contributed by atoms with Crippen LogP contribution in [0.2, 0.25) is 5.02 Å². The van der Waals surface area contributed by atoms with Crippen LogP contribution >= 0.6 is 11.6 Å². The number of nitrogens with one attached hydrogen (secondary N) is 1. The molecule has 0 unspecified atom stereocenters. The summed E-state index contributed by atoms with van der Waals surface area (Å²) in [5, 5.41) is 3.22. The van der Waals surface area contributed by atoms with E-state index in [1.165, 1.54) is 11.4 Å². The molecule has 4 heteroatoms. The molecule has 18 heavy (non-hydrogen) atoms. The van der Waals surface area contributed by atoms with E-state index in [9.17, 15) is 4.39 Å². The number of aromatic nitrogens is 1. The summed E-state index contributed by atoms with van der Waals surface area (Å²) in [6, 6.07) is 7.06. The third kappa shape index (κ3) is 2.36. The summed E-state index contributed by atoms with van der Waals surface area (Å²) in [6.07, 6.45) is 0. The van der Waals surface area contributed by atoms with Gasteiger partial charge in [-0.3, -0.25) is 0 Å². The van der Waals surface area contributed by atoms with Gasteiger partial charge >= 0.3 is 0 Å². The highest BCUT2D eigenvalue weighted by Crippen LogP contribution is 2.23. The molecular formula is C14H16ClFN2. The first-order chi connectivity index (χ1) is 8.50. The predicted molar refractivity (Wildman–Crippen MR) is 73.6 cm³/mol. The summed E-state index contributed by atoms with van der Waals surface area (Å²) in [5.41, 5.74) is 3.97. The zero-order chi connectivity index (χ0) is 13.3. The normalized spacial score (nSPS) is 10.7. The number of hydrogen-bond donors (Lipinski definition) is 1. The minimum atomic E-state index is -0.399. The van der Waals surface area contributed by atoms with Crippen molar-refractivity contribution >= 4 is 17.3 Å². The zero-order valence-corrected chi connectivity index (χ0v) is 11.5. The lowest BCUT2D eigenvalue weighted by Crippen LogP contribution is -2.03. The molecule has 0 saturated carbocycles. The Morgan fingerprint density at radius 1 is 1.33 bits per heavy atom. The van der Waals surface area contributed by atoms with Crippen molar-refractivity contribution in [1.29, 1.82) is 0 Å². The van der Waals surface area contributed by atoms with Crippen LogP contribution in [0.15, 0.2) is 24.3 Å². The Hall–Kier alpha value is -1.48. The Bertz CT molecular complexity index is 575. The van der Waals surface area contributed by atoms with Gasteiger partial charge in [-0.1, -0.05) is 17.7 Å². The van der Waals surface area contributed by atoms with Crippen LogP contribution in [0.3, 0.4) is 0 Å². The largest absolute Gasteiger partial charge is 0.378 e. The number of rotatable bonds is 3. The van der Waals surface area contributed by atoms with Crippen LogP contribution in [-0.4, -0.2) is 4.57 Å². The van der Waals surface area contributed by atoms with Crippen molar-refractivity contribution in [3.8, 4) is 0 Å². The smallest absolute Gasteiger partial charge is 0.164 e. The average Bonchev–Trinajstić information content (AvgIpc) is 2.59. The van der Waals surface area contributed by atoms with E-state index in [4.69, 9.17) is 11.6 Å². The van der Waals surface area contributed by atoms with E-state index in [0.29, 0.717) is 12.2 Å². The number of halogens is 2. The molecule has 2 aromatic rings. The summed E-state index contributed by atoms with van der Waals surface area (Å²) in [7, 11) is 2.02. The number of benzene rings is 1. The van der Waals surface area contributed by atoms with Gasteiger partial charge in [0.1, 0.15) is 0 Å². The molecule has 0 amide bonds. The molecule has 0 fully saturated rings. The second-order valence-corrected chi connectivity index (χ2v) is 4.82. The maximum Gasteiger partial charge on any atom is 0.164 e. The van der Waals surface area contributed by atoms with Crippen molar-refractivity contribution in [2.45, 2.75) is 20.4 Å². The first-order valence-electron chi connectivity index (χ1n) is 5.80. The molecule has 0 aliphatic carbocycles. The van der Waals surface area contributed by atoms with Gasteiger partial charge in [0.2, 0.25) is 0 Å². The quantitative estimate of drug-likeness (QED) is 0.887. The van der Waals surface area contributed by atoms with Crippen LogP contribution in [-0.2, 0) is 13.6 Å². The minimum absolute atomic E-state index is 0.140. The van der Waals surface area contributed by atoms with E-state index in [0.717, 1.165) is 5.56 Å². The van der Waals surface area contributed by atoms with E-state index in [1.807, 2.05) is 7.05 Å². The SMILES string of the molecule is Cc1cc(CNc2cccc(Cl)c2F)c(C)n1C. The average molecular weight is 267 g/mol. The molecule has 0 aliphatic rings. The molecule has 0 spiro atoms. The molecule has 1 aromatic carbocycles. The molecule has 1 N–H and O–H groups in total. The van der Waals surface area contributed by atoms with Gasteiger partial charge in [-0.05, 0) is 37.6 Å². The van der Waals surface area contributed by atoms with Crippen molar-refractivity contribution in [1.82, 2.24) is 4.57 Å². The number of nitrogens with zero attached hydrogens (tertiary/aromatic N) is 1. The van der Waals surface area contributed by atoms with E-state index < -0.39 is 5.82 Å². The van der Waals surface area contributed by atoms with Crippen molar-refractivity contribution in [3.63, 3.8) is 0 Å². The van der Waals surface area contributed by atoms with Gasteiger partial charge in [0.15, 0.2) is 5.82 Å². The molecule has 2 rings (SSSR count). The topological polar surface area (TPSA) is 17.0 Å². The van der Waals surface area contributed by atoms with E-state index in [-0.39, 0.29) is 5.02 Å². The fraction of sp³-hybridized carbons (Fsp3) is 0.286. The van der Waals surface area contributed by atoms with Crippen LogP contribution in [0.4, 0.5) is 10.1 Å². The Kier molecular flexibility index (Phi) is 3.62. The molecule has 0 radical (unpaired) electrons. The Morgan fingerprint density at radius 2 is 2.06 bits per heavy atom. The maximum atomic E-state index is 13.7. The van der Waals surface area contributed by atoms with Gasteiger partial charge in [-0.25, -0.2) is 4.39 Å². The monoisotopic (exact) mass is 266 g/mol. The predicted octanol–water partition coefficient (Wildman–Crippen LogP) is 4.05. The summed E-state index contributed by atoms with van der Waals surface area (Å²) in [4.78, 5) is 0. The molecular weight excluding hydrogens is 251 g/mol. The molecule has 1 aromatic heterocycles. The van der Waals surface area contributed by atoms with Crippen LogP contribution in [0.5, 0.6) is 0 Å². The summed E-state index contributed by atoms with van der Waals surface area (Å²) >= 11 is 5.74. The summed E-state index contributed by atoms with van der Waals surface area (Å²) in [5.74, 6) is -0.399. The van der Waals surface area contributed by atoms with Gasteiger partial charge < -0.3 is 9.88 Å². The first kappa shape index (κ1) is 13.0. The lowest BCUT2D eigenvalue weighted by Gasteiger charge is -2.08. The Balaban J connectivity index is 2.16. The van der Waals surface area contributed by atoms with Crippen LogP contribution in [0.1, 0.15) is 17.0 Å². The molecule has 0 bridgehead atoms. The maximum absolute atomic E-state index is 13.7. The first-order valence-corrected chi connectivity index (χ1v) is 6.18. The van der Waals surface area contributed by atoms with Crippen LogP contribution in [0, 0.1) is 19.7 Å². The lowest BCUT2D eigenvalue weighted by molar-refractivity contribution is 0.630. The van der Waals surface area contributed by atoms with Crippen LogP contribution in [0.25, 0.3) is 0 Å². The molecule has 2 nitrogen and oxygen atoms in total. The highest BCUT2D eigenvalue weighted by molar-refractivity contribution is 6.31. The number of aryl methyl sites for hydroxylation is 1. The lowest BCUT2D eigenvalue weighted by atomic mass is 10.2. The van der Waals surface area contributed by atoms with Gasteiger partial charge in [0.25, 0.3) is 0 Å². The molecule has 0 aliphatic heterocycles. The summed E-state index contributed by atoms with van der Waals surface area (Å²) < 4.78 is 15.8. The third-order valence-electron chi connectivity index (χ3n) is 3.30. The Morgan fingerprint density at radius 3 is 2.67 bits per heavy atom. The minimum Gasteiger partial charge on any atom is -0.378 e. The van der Waals surface area contributed by atoms with Gasteiger partial charge in [-0.15, -0.1) is 0 Å². The fourth-order valence-corrected chi connectivity index (χ4v) is 2.12. The van der Waals surface area contributed by atoms with E-state index in [1.54, 1.807) is 18.2 Å². The summed E-state index contributed by atoms with van der Waals surface area (Å²) in [6.45, 7) is 4.69. The zero-order valence-electron chi connectivity index (χ0n) is 10.7. The fourth-order valence-electron chi connectivity index (χ4n) is 1.94. The number of hydrogen-bond acceptors (Lipinski definition) is 1. The van der Waals surface area contributed by atoms with Crippen molar-refractivity contribution in [3.05, 3.63) is 52.1 Å². The van der Waals surface area contributed by atoms with Gasteiger partial charge in [0.05, 0.1) is 10.7 Å². The standard InChI is InChI=1S/C14H16ClFN2/c1-9-7-11(10(2)18(9)3)8-17-13-6-4-5-12(15)14(13)16/h4-7,17H,8H2,1-3H3. The van der Waals surface area contributed by atoms with E-state index >= 15 is 0 Å². The van der Waals surface area contributed by atoms with E-state index in [2.05, 4.69) is 29.8 Å². The Labute approximate surface area is 111 Å². The molecule has 96 valence electrons. The van der Waals surface area contributed by atoms with Gasteiger partial charge in [0, 0.05) is 25.0 Å². The highest BCUT2D eigenvalue weighted by Gasteiger charge is 2.08.